The number of carbonyl (C=O) groups is 1. The van der Waals surface area contributed by atoms with Gasteiger partial charge in [-0.25, -0.2) is 14.2 Å². The monoisotopic (exact) mass is 258 g/mol. The summed E-state index contributed by atoms with van der Waals surface area (Å²) in [6, 6.07) is 6.73. The van der Waals surface area contributed by atoms with Crippen molar-refractivity contribution in [2.24, 2.45) is 0 Å². The van der Waals surface area contributed by atoms with Gasteiger partial charge in [0.25, 0.3) is 0 Å². The molecule has 0 unspecified atom stereocenters. The third-order valence-corrected chi connectivity index (χ3v) is 2.87. The second kappa shape index (κ2) is 4.56. The molecule has 2 heterocycles. The van der Waals surface area contributed by atoms with Gasteiger partial charge in [0, 0.05) is 23.3 Å². The number of aromatic nitrogens is 3. The maximum Gasteiger partial charge on any atom is 0.327 e. The van der Waals surface area contributed by atoms with Crippen molar-refractivity contribution in [1.82, 2.24) is 19.9 Å². The largest absolute Gasteiger partial charge is 0.354 e. The number of aromatic amines is 1. The lowest BCUT2D eigenvalue weighted by molar-refractivity contribution is 0.241. The van der Waals surface area contributed by atoms with Crippen LogP contribution >= 0.6 is 0 Å². The fourth-order valence-corrected chi connectivity index (χ4v) is 1.92. The van der Waals surface area contributed by atoms with E-state index < -0.39 is 0 Å². The summed E-state index contributed by atoms with van der Waals surface area (Å²) in [5.74, 6) is -0.332. The molecule has 0 radical (unpaired) electrons. The van der Waals surface area contributed by atoms with Crippen LogP contribution in [-0.4, -0.2) is 20.6 Å². The number of hydrogen-bond donors (Lipinski definition) is 2. The van der Waals surface area contributed by atoms with Crippen molar-refractivity contribution in [2.75, 3.05) is 0 Å². The number of halogens is 1. The minimum atomic E-state index is -0.351. The Kier molecular flexibility index (Phi) is 2.75. The Morgan fingerprint density at radius 2 is 2.26 bits per heavy atom. The number of nitrogens with one attached hydrogen (secondary N) is 2. The van der Waals surface area contributed by atoms with Gasteiger partial charge in [0.2, 0.25) is 0 Å². The number of H-pyrrole nitrogens is 1. The number of imidazole rings is 1. The highest BCUT2D eigenvalue weighted by Crippen LogP contribution is 2.20. The van der Waals surface area contributed by atoms with Gasteiger partial charge in [-0.05, 0) is 12.1 Å². The van der Waals surface area contributed by atoms with E-state index in [1.54, 1.807) is 18.2 Å². The summed E-state index contributed by atoms with van der Waals surface area (Å²) in [5, 5.41) is 3.14. The molecule has 0 saturated carbocycles. The van der Waals surface area contributed by atoms with Gasteiger partial charge in [-0.1, -0.05) is 12.1 Å². The Bertz CT molecular complexity index is 717. The van der Waals surface area contributed by atoms with E-state index >= 15 is 0 Å². The standard InChI is InChI=1S/C13H11FN4O/c14-12-9-3-1-2-4-10(9)17-11(12)7-16-13(19)18-6-5-15-8-18/h1-6,8,17H,7H2,(H,16,19). The SMILES string of the molecule is O=C(NCc1[nH]c2ccccc2c1F)n1ccnc1. The molecule has 0 spiro atoms. The summed E-state index contributed by atoms with van der Waals surface area (Å²) in [5.41, 5.74) is 1.07. The van der Waals surface area contributed by atoms with Crippen LogP contribution < -0.4 is 5.32 Å². The molecule has 1 aromatic carbocycles. The third kappa shape index (κ3) is 2.08. The van der Waals surface area contributed by atoms with Crippen LogP contribution in [0.1, 0.15) is 5.69 Å². The Morgan fingerprint density at radius 3 is 3.00 bits per heavy atom. The van der Waals surface area contributed by atoms with E-state index in [0.717, 1.165) is 0 Å². The molecule has 0 fully saturated rings. The van der Waals surface area contributed by atoms with Crippen molar-refractivity contribution in [3.05, 3.63) is 54.5 Å². The second-order valence-electron chi connectivity index (χ2n) is 4.09. The predicted octanol–water partition coefficient (Wildman–Crippen LogP) is 2.26. The maximum atomic E-state index is 14.0. The van der Waals surface area contributed by atoms with E-state index in [-0.39, 0.29) is 18.4 Å². The summed E-state index contributed by atoms with van der Waals surface area (Å²) in [6.07, 6.45) is 4.41. The van der Waals surface area contributed by atoms with Crippen LogP contribution in [0.3, 0.4) is 0 Å². The average molecular weight is 258 g/mol. The summed E-state index contributed by atoms with van der Waals surface area (Å²) in [6.45, 7) is 0.0948. The van der Waals surface area contributed by atoms with Crippen LogP contribution in [0, 0.1) is 5.82 Å². The predicted molar refractivity (Wildman–Crippen MR) is 68.1 cm³/mol. The molecule has 0 bridgehead atoms. The molecule has 0 saturated heterocycles. The quantitative estimate of drug-likeness (QED) is 0.740. The lowest BCUT2D eigenvalue weighted by atomic mass is 10.2. The highest BCUT2D eigenvalue weighted by molar-refractivity contribution is 5.81. The van der Waals surface area contributed by atoms with Crippen molar-refractivity contribution in [3.8, 4) is 0 Å². The van der Waals surface area contributed by atoms with Crippen molar-refractivity contribution in [3.63, 3.8) is 0 Å². The Labute approximate surface area is 108 Å². The molecule has 0 aliphatic heterocycles. The molecule has 0 atom stereocenters. The topological polar surface area (TPSA) is 62.7 Å². The summed E-state index contributed by atoms with van der Waals surface area (Å²) in [7, 11) is 0. The van der Waals surface area contributed by atoms with Gasteiger partial charge >= 0.3 is 6.03 Å². The van der Waals surface area contributed by atoms with Crippen LogP contribution in [0.5, 0.6) is 0 Å². The zero-order valence-corrected chi connectivity index (χ0v) is 9.93. The average Bonchev–Trinajstić information content (AvgIpc) is 3.05. The fraction of sp³-hybridized carbons (Fsp3) is 0.0769. The van der Waals surface area contributed by atoms with Gasteiger partial charge in [-0.2, -0.15) is 0 Å². The molecule has 3 aromatic rings. The number of nitrogens with zero attached hydrogens (tertiary/aromatic N) is 2. The fourth-order valence-electron chi connectivity index (χ4n) is 1.92. The number of fused-ring (bicyclic) bond motifs is 1. The highest BCUT2D eigenvalue weighted by atomic mass is 19.1. The van der Waals surface area contributed by atoms with Crippen LogP contribution in [0.2, 0.25) is 0 Å². The van der Waals surface area contributed by atoms with E-state index in [2.05, 4.69) is 15.3 Å². The van der Waals surface area contributed by atoms with Gasteiger partial charge in [-0.3, -0.25) is 4.57 Å². The normalized spacial score (nSPS) is 10.8. The highest BCUT2D eigenvalue weighted by Gasteiger charge is 2.11. The number of hydrogen-bond acceptors (Lipinski definition) is 2. The van der Waals surface area contributed by atoms with Gasteiger partial charge in [-0.15, -0.1) is 0 Å². The van der Waals surface area contributed by atoms with Gasteiger partial charge in [0.05, 0.1) is 12.2 Å². The molecule has 3 rings (SSSR count). The van der Waals surface area contributed by atoms with E-state index in [1.807, 2.05) is 6.07 Å². The zero-order valence-electron chi connectivity index (χ0n) is 9.93. The molecule has 96 valence electrons. The molecular weight excluding hydrogens is 247 g/mol. The molecular formula is C13H11FN4O. The van der Waals surface area contributed by atoms with Gasteiger partial charge in [0.1, 0.15) is 6.33 Å². The molecule has 5 nitrogen and oxygen atoms in total. The van der Waals surface area contributed by atoms with Crippen LogP contribution in [0.15, 0.2) is 43.0 Å². The first kappa shape index (κ1) is 11.5. The van der Waals surface area contributed by atoms with Gasteiger partial charge in [0.15, 0.2) is 5.82 Å². The number of carbonyl (C=O) groups excluding carboxylic acids is 1. The Balaban J connectivity index is 1.79. The smallest absolute Gasteiger partial charge is 0.327 e. The maximum absolute atomic E-state index is 14.0. The summed E-state index contributed by atoms with van der Waals surface area (Å²) < 4.78 is 15.3. The number of para-hydroxylation sites is 1. The van der Waals surface area contributed by atoms with Crippen LogP contribution in [0.25, 0.3) is 10.9 Å². The van der Waals surface area contributed by atoms with Crippen molar-refractivity contribution in [2.45, 2.75) is 6.54 Å². The molecule has 1 amide bonds. The Hall–Kier alpha value is -2.63. The minimum Gasteiger partial charge on any atom is -0.354 e. The second-order valence-corrected chi connectivity index (χ2v) is 4.09. The number of amides is 1. The molecule has 6 heteroatoms. The molecule has 0 aliphatic rings. The van der Waals surface area contributed by atoms with Crippen molar-refractivity contribution in [1.29, 1.82) is 0 Å². The van der Waals surface area contributed by atoms with Crippen molar-refractivity contribution < 1.29 is 9.18 Å². The first-order chi connectivity index (χ1) is 9.25. The third-order valence-electron chi connectivity index (χ3n) is 2.87. The van der Waals surface area contributed by atoms with Gasteiger partial charge < -0.3 is 10.3 Å². The molecule has 0 aliphatic carbocycles. The zero-order chi connectivity index (χ0) is 13.2. The molecule has 19 heavy (non-hydrogen) atoms. The van der Waals surface area contributed by atoms with E-state index in [9.17, 15) is 9.18 Å². The first-order valence-electron chi connectivity index (χ1n) is 5.77. The lowest BCUT2D eigenvalue weighted by Crippen LogP contribution is -2.27. The van der Waals surface area contributed by atoms with Crippen molar-refractivity contribution >= 4 is 16.9 Å². The van der Waals surface area contributed by atoms with Crippen LogP contribution in [0.4, 0.5) is 9.18 Å². The van der Waals surface area contributed by atoms with E-state index in [0.29, 0.717) is 16.6 Å². The summed E-state index contributed by atoms with van der Waals surface area (Å²) in [4.78, 5) is 18.4. The summed E-state index contributed by atoms with van der Waals surface area (Å²) >= 11 is 0. The molecule has 2 aromatic heterocycles. The van der Waals surface area contributed by atoms with Crippen LogP contribution in [-0.2, 0) is 6.54 Å². The molecule has 2 N–H and O–H groups in total. The number of rotatable bonds is 2. The Morgan fingerprint density at radius 1 is 1.42 bits per heavy atom. The number of benzene rings is 1. The van der Waals surface area contributed by atoms with E-state index in [1.165, 1.54) is 23.3 Å². The first-order valence-corrected chi connectivity index (χ1v) is 5.77. The lowest BCUT2D eigenvalue weighted by Gasteiger charge is -2.03. The minimum absolute atomic E-state index is 0.0948. The van der Waals surface area contributed by atoms with E-state index in [4.69, 9.17) is 0 Å².